The Morgan fingerprint density at radius 2 is 1.20 bits per heavy atom. The summed E-state index contributed by atoms with van der Waals surface area (Å²) in [5.41, 5.74) is 2.64. The number of phenols is 1. The quantitative estimate of drug-likeness (QED) is 0.540. The molecule has 2 aromatic rings. The normalized spacial score (nSPS) is 10.6. The van der Waals surface area contributed by atoms with Crippen LogP contribution < -0.4 is 14.2 Å². The maximum absolute atomic E-state index is 13.1. The molecule has 0 radical (unpaired) electrons. The van der Waals surface area contributed by atoms with E-state index in [1.54, 1.807) is 34.6 Å². The molecule has 0 aliphatic carbocycles. The molecule has 2 rings (SSSR count). The minimum absolute atomic E-state index is 0.0449. The number of esters is 2. The summed E-state index contributed by atoms with van der Waals surface area (Å²) in [4.78, 5) is 25.4. The van der Waals surface area contributed by atoms with E-state index in [1.807, 2.05) is 0 Å². The van der Waals surface area contributed by atoms with Crippen molar-refractivity contribution < 1.29 is 33.6 Å². The molecule has 162 valence electrons. The topological polar surface area (TPSA) is 91.3 Å². The van der Waals surface area contributed by atoms with Crippen LogP contribution in [0.4, 0.5) is 0 Å². The van der Waals surface area contributed by atoms with Crippen molar-refractivity contribution in [3.05, 3.63) is 44.0 Å². The molecule has 30 heavy (non-hydrogen) atoms. The van der Waals surface area contributed by atoms with Gasteiger partial charge in [-0.05, 0) is 51.3 Å². The van der Waals surface area contributed by atoms with Crippen molar-refractivity contribution in [3.8, 4) is 23.0 Å². The van der Waals surface area contributed by atoms with Crippen LogP contribution in [-0.2, 0) is 4.74 Å². The third-order valence-corrected chi connectivity index (χ3v) is 5.68. The smallest absolute Gasteiger partial charge is 0.347 e. The minimum atomic E-state index is -0.715. The van der Waals surface area contributed by atoms with Gasteiger partial charge in [0.25, 0.3) is 0 Å². The molecular formula is C22H25ClO7. The van der Waals surface area contributed by atoms with Gasteiger partial charge in [-0.2, -0.15) is 0 Å². The van der Waals surface area contributed by atoms with Gasteiger partial charge in [-0.15, -0.1) is 0 Å². The minimum Gasteiger partial charge on any atom is -0.506 e. The average molecular weight is 437 g/mol. The average Bonchev–Trinajstić information content (AvgIpc) is 2.73. The Bertz CT molecular complexity index is 1040. The summed E-state index contributed by atoms with van der Waals surface area (Å²) in [6.07, 6.45) is 0. The van der Waals surface area contributed by atoms with Crippen LogP contribution in [0.15, 0.2) is 0 Å². The summed E-state index contributed by atoms with van der Waals surface area (Å²) in [6, 6.07) is 0. The maximum atomic E-state index is 13.1. The van der Waals surface area contributed by atoms with Crippen molar-refractivity contribution in [1.29, 1.82) is 0 Å². The Balaban J connectivity index is 2.69. The summed E-state index contributed by atoms with van der Waals surface area (Å²) in [5.74, 6) is -0.735. The van der Waals surface area contributed by atoms with Crippen molar-refractivity contribution in [2.75, 3.05) is 21.3 Å². The van der Waals surface area contributed by atoms with E-state index in [9.17, 15) is 14.7 Å². The Morgan fingerprint density at radius 3 is 1.70 bits per heavy atom. The molecule has 0 bridgehead atoms. The Labute approximate surface area is 180 Å². The fourth-order valence-corrected chi connectivity index (χ4v) is 3.65. The molecule has 0 atom stereocenters. The van der Waals surface area contributed by atoms with Crippen LogP contribution in [0, 0.1) is 34.6 Å². The molecule has 0 saturated carbocycles. The third kappa shape index (κ3) is 3.65. The maximum Gasteiger partial charge on any atom is 0.347 e. The number of carbonyl (C=O) groups is 2. The summed E-state index contributed by atoms with van der Waals surface area (Å²) < 4.78 is 21.4. The number of benzene rings is 2. The molecule has 2 aromatic carbocycles. The predicted molar refractivity (Wildman–Crippen MR) is 113 cm³/mol. The predicted octanol–water partition coefficient (Wildman–Crippen LogP) is 4.61. The van der Waals surface area contributed by atoms with Crippen LogP contribution in [-0.4, -0.2) is 38.4 Å². The van der Waals surface area contributed by atoms with Gasteiger partial charge in [0.15, 0.2) is 0 Å². The highest BCUT2D eigenvalue weighted by Crippen LogP contribution is 2.42. The van der Waals surface area contributed by atoms with E-state index in [-0.39, 0.29) is 39.1 Å². The molecule has 0 fully saturated rings. The molecule has 0 aliphatic rings. The van der Waals surface area contributed by atoms with Gasteiger partial charge in [-0.1, -0.05) is 11.6 Å². The van der Waals surface area contributed by atoms with E-state index in [2.05, 4.69) is 0 Å². The second-order valence-electron chi connectivity index (χ2n) is 6.81. The standard InChI is InChI=1S/C22H25ClO7/c1-9-10(2)18(13(5)20(28-7)14(9)21(25)29-8)30-22(26)15-11(3)16(23)17(24)12(4)19(15)27-6/h24H,1-8H3. The van der Waals surface area contributed by atoms with Gasteiger partial charge in [0, 0.05) is 11.1 Å². The van der Waals surface area contributed by atoms with Crippen LogP contribution in [0.2, 0.25) is 5.02 Å². The van der Waals surface area contributed by atoms with Crippen LogP contribution in [0.5, 0.6) is 23.0 Å². The Hall–Kier alpha value is -2.93. The summed E-state index contributed by atoms with van der Waals surface area (Å²) in [6.45, 7) is 8.31. The van der Waals surface area contributed by atoms with E-state index >= 15 is 0 Å². The fourth-order valence-electron chi connectivity index (χ4n) is 3.42. The van der Waals surface area contributed by atoms with E-state index in [0.29, 0.717) is 27.8 Å². The van der Waals surface area contributed by atoms with Gasteiger partial charge in [0.05, 0.1) is 26.4 Å². The second-order valence-corrected chi connectivity index (χ2v) is 7.19. The monoisotopic (exact) mass is 436 g/mol. The van der Waals surface area contributed by atoms with Gasteiger partial charge in [-0.3, -0.25) is 0 Å². The van der Waals surface area contributed by atoms with Gasteiger partial charge in [-0.25, -0.2) is 9.59 Å². The lowest BCUT2D eigenvalue weighted by molar-refractivity contribution is 0.0596. The van der Waals surface area contributed by atoms with Crippen LogP contribution >= 0.6 is 11.6 Å². The molecule has 0 unspecified atom stereocenters. The molecular weight excluding hydrogens is 412 g/mol. The first-order valence-electron chi connectivity index (χ1n) is 9.07. The lowest BCUT2D eigenvalue weighted by atomic mass is 9.96. The first kappa shape index (κ1) is 23.3. The number of rotatable bonds is 5. The van der Waals surface area contributed by atoms with Gasteiger partial charge in [0.1, 0.15) is 34.1 Å². The second kappa shape index (κ2) is 8.83. The molecule has 8 heteroatoms. The Kier molecular flexibility index (Phi) is 6.87. The van der Waals surface area contributed by atoms with Crippen LogP contribution in [0.3, 0.4) is 0 Å². The zero-order valence-corrected chi connectivity index (χ0v) is 19.0. The van der Waals surface area contributed by atoms with Crippen molar-refractivity contribution in [2.24, 2.45) is 0 Å². The van der Waals surface area contributed by atoms with Crippen LogP contribution in [0.25, 0.3) is 0 Å². The lowest BCUT2D eigenvalue weighted by Gasteiger charge is -2.21. The third-order valence-electron chi connectivity index (χ3n) is 5.22. The number of halogens is 1. The molecule has 0 saturated heterocycles. The molecule has 0 aromatic heterocycles. The molecule has 7 nitrogen and oxygen atoms in total. The largest absolute Gasteiger partial charge is 0.506 e. The number of hydrogen-bond donors (Lipinski definition) is 1. The summed E-state index contributed by atoms with van der Waals surface area (Å²) >= 11 is 6.19. The fraction of sp³-hybridized carbons (Fsp3) is 0.364. The van der Waals surface area contributed by atoms with Crippen LogP contribution in [0.1, 0.15) is 48.5 Å². The first-order valence-corrected chi connectivity index (χ1v) is 9.44. The van der Waals surface area contributed by atoms with Crippen molar-refractivity contribution in [1.82, 2.24) is 0 Å². The van der Waals surface area contributed by atoms with E-state index in [4.69, 9.17) is 30.5 Å². The van der Waals surface area contributed by atoms with Crippen molar-refractivity contribution in [3.63, 3.8) is 0 Å². The summed E-state index contributed by atoms with van der Waals surface area (Å²) in [7, 11) is 4.10. The van der Waals surface area contributed by atoms with E-state index < -0.39 is 11.9 Å². The highest BCUT2D eigenvalue weighted by atomic mass is 35.5. The highest BCUT2D eigenvalue weighted by Gasteiger charge is 2.29. The zero-order valence-electron chi connectivity index (χ0n) is 18.3. The van der Waals surface area contributed by atoms with Gasteiger partial charge in [0.2, 0.25) is 0 Å². The number of methoxy groups -OCH3 is 3. The van der Waals surface area contributed by atoms with Gasteiger partial charge < -0.3 is 24.1 Å². The number of ether oxygens (including phenoxy) is 4. The lowest BCUT2D eigenvalue weighted by Crippen LogP contribution is -2.17. The molecule has 0 heterocycles. The molecule has 0 aliphatic heterocycles. The van der Waals surface area contributed by atoms with E-state index in [1.165, 1.54) is 21.3 Å². The van der Waals surface area contributed by atoms with E-state index in [0.717, 1.165) is 0 Å². The zero-order chi connectivity index (χ0) is 22.9. The molecule has 1 N–H and O–H groups in total. The van der Waals surface area contributed by atoms with Crippen molar-refractivity contribution in [2.45, 2.75) is 34.6 Å². The summed E-state index contributed by atoms with van der Waals surface area (Å²) in [5, 5.41) is 10.2. The number of hydrogen-bond acceptors (Lipinski definition) is 7. The van der Waals surface area contributed by atoms with Gasteiger partial charge >= 0.3 is 11.9 Å². The number of phenolic OH excluding ortho intramolecular Hbond substituents is 1. The molecule has 0 spiro atoms. The molecule has 0 amide bonds. The van der Waals surface area contributed by atoms with Crippen molar-refractivity contribution >= 4 is 23.5 Å². The number of aromatic hydroxyl groups is 1. The SMILES string of the molecule is COC(=O)c1c(C)c(C)c(OC(=O)c2c(C)c(Cl)c(O)c(C)c2OC)c(C)c1OC. The Morgan fingerprint density at radius 1 is 0.700 bits per heavy atom. The highest BCUT2D eigenvalue weighted by molar-refractivity contribution is 6.33. The first-order chi connectivity index (χ1) is 14.0. The number of carbonyl (C=O) groups excluding carboxylic acids is 2.